The van der Waals surface area contributed by atoms with Crippen LogP contribution in [0.4, 0.5) is 0 Å². The van der Waals surface area contributed by atoms with Crippen LogP contribution in [0.25, 0.3) is 11.1 Å². The molecule has 0 bridgehead atoms. The first-order valence-electron chi connectivity index (χ1n) is 9.17. The van der Waals surface area contributed by atoms with E-state index in [0.29, 0.717) is 5.56 Å². The third-order valence-electron chi connectivity index (χ3n) is 4.28. The van der Waals surface area contributed by atoms with E-state index in [0.717, 1.165) is 29.9 Å². The monoisotopic (exact) mass is 358 g/mol. The number of ether oxygens (including phenoxy) is 1. The molecule has 0 amide bonds. The van der Waals surface area contributed by atoms with Gasteiger partial charge in [-0.2, -0.15) is 0 Å². The second-order valence-corrected chi connectivity index (χ2v) is 6.54. The van der Waals surface area contributed by atoms with Crippen molar-refractivity contribution in [1.29, 1.82) is 0 Å². The minimum atomic E-state index is -0.0494. The van der Waals surface area contributed by atoms with Gasteiger partial charge in [-0.15, -0.1) is 11.6 Å². The Hall–Kier alpha value is -1.80. The van der Waals surface area contributed by atoms with Crippen LogP contribution >= 0.6 is 11.6 Å². The smallest absolute Gasteiger partial charge is 0.177 e. The Morgan fingerprint density at radius 1 is 0.840 bits per heavy atom. The second-order valence-electron chi connectivity index (χ2n) is 6.27. The molecular formula is C22H27ClO2. The lowest BCUT2D eigenvalue weighted by atomic mass is 10.0. The van der Waals surface area contributed by atoms with Gasteiger partial charge in [0, 0.05) is 5.56 Å². The van der Waals surface area contributed by atoms with Crippen LogP contribution in [0.1, 0.15) is 55.8 Å². The Labute approximate surface area is 156 Å². The Morgan fingerprint density at radius 3 is 2.00 bits per heavy atom. The number of hydrogen-bond donors (Lipinski definition) is 0. The minimum absolute atomic E-state index is 0.0178. The number of carbonyl (C=O) groups excluding carboxylic acids is 1. The zero-order valence-corrected chi connectivity index (χ0v) is 15.7. The largest absolute Gasteiger partial charge is 0.494 e. The predicted octanol–water partition coefficient (Wildman–Crippen LogP) is 6.51. The van der Waals surface area contributed by atoms with E-state index in [2.05, 4.69) is 19.1 Å². The minimum Gasteiger partial charge on any atom is -0.494 e. The van der Waals surface area contributed by atoms with Gasteiger partial charge in [0.05, 0.1) is 12.5 Å². The van der Waals surface area contributed by atoms with Crippen LogP contribution in [-0.2, 0) is 0 Å². The van der Waals surface area contributed by atoms with E-state index in [1.165, 1.54) is 32.1 Å². The fourth-order valence-corrected chi connectivity index (χ4v) is 2.90. The molecule has 0 radical (unpaired) electrons. The first kappa shape index (κ1) is 19.5. The normalized spacial score (nSPS) is 10.6. The van der Waals surface area contributed by atoms with Crippen LogP contribution in [0, 0.1) is 0 Å². The second kappa shape index (κ2) is 10.9. The number of carbonyl (C=O) groups is 1. The number of benzene rings is 2. The summed E-state index contributed by atoms with van der Waals surface area (Å²) in [6, 6.07) is 15.7. The molecule has 2 rings (SSSR count). The number of unbranched alkanes of at least 4 members (excludes halogenated alkanes) is 5. The third-order valence-corrected chi connectivity index (χ3v) is 4.53. The molecule has 2 aromatic rings. The number of rotatable bonds is 11. The van der Waals surface area contributed by atoms with Crippen molar-refractivity contribution in [2.75, 3.05) is 12.5 Å². The molecule has 2 nitrogen and oxygen atoms in total. The summed E-state index contributed by atoms with van der Waals surface area (Å²) >= 11 is 5.58. The Balaban J connectivity index is 1.80. The fourth-order valence-electron chi connectivity index (χ4n) is 2.74. The summed E-state index contributed by atoms with van der Waals surface area (Å²) in [5.74, 6) is 0.877. The number of halogens is 1. The van der Waals surface area contributed by atoms with Gasteiger partial charge in [-0.25, -0.2) is 0 Å². The molecule has 134 valence electrons. The molecule has 2 aromatic carbocycles. The van der Waals surface area contributed by atoms with Crippen molar-refractivity contribution in [3.8, 4) is 16.9 Å². The molecule has 0 aliphatic carbocycles. The van der Waals surface area contributed by atoms with E-state index in [9.17, 15) is 4.79 Å². The van der Waals surface area contributed by atoms with Crippen molar-refractivity contribution < 1.29 is 9.53 Å². The van der Waals surface area contributed by atoms with E-state index >= 15 is 0 Å². The van der Waals surface area contributed by atoms with Gasteiger partial charge in [0.1, 0.15) is 5.75 Å². The summed E-state index contributed by atoms with van der Waals surface area (Å²) in [7, 11) is 0. The summed E-state index contributed by atoms with van der Waals surface area (Å²) in [5.41, 5.74) is 2.84. The van der Waals surface area contributed by atoms with Gasteiger partial charge in [0.25, 0.3) is 0 Å². The molecule has 25 heavy (non-hydrogen) atoms. The van der Waals surface area contributed by atoms with E-state index in [4.69, 9.17) is 16.3 Å². The highest BCUT2D eigenvalue weighted by Crippen LogP contribution is 2.23. The zero-order chi connectivity index (χ0) is 17.9. The lowest BCUT2D eigenvalue weighted by Gasteiger charge is -2.08. The van der Waals surface area contributed by atoms with E-state index < -0.39 is 0 Å². The Kier molecular flexibility index (Phi) is 8.54. The average Bonchev–Trinajstić information content (AvgIpc) is 2.67. The maximum atomic E-state index is 11.6. The molecule has 0 aliphatic rings. The van der Waals surface area contributed by atoms with Crippen LogP contribution in [0.3, 0.4) is 0 Å². The molecule has 0 aromatic heterocycles. The van der Waals surface area contributed by atoms with Crippen LogP contribution in [0.5, 0.6) is 5.75 Å². The van der Waals surface area contributed by atoms with Gasteiger partial charge in [-0.3, -0.25) is 4.79 Å². The highest BCUT2D eigenvalue weighted by molar-refractivity contribution is 6.30. The van der Waals surface area contributed by atoms with Gasteiger partial charge in [-0.1, -0.05) is 75.4 Å². The van der Waals surface area contributed by atoms with Gasteiger partial charge in [0.15, 0.2) is 5.78 Å². The number of hydrogen-bond acceptors (Lipinski definition) is 2. The first-order valence-corrected chi connectivity index (χ1v) is 9.70. The zero-order valence-electron chi connectivity index (χ0n) is 15.0. The topological polar surface area (TPSA) is 26.3 Å². The average molecular weight is 359 g/mol. The summed E-state index contributed by atoms with van der Waals surface area (Å²) in [6.45, 7) is 3.02. The summed E-state index contributed by atoms with van der Waals surface area (Å²) < 4.78 is 5.81. The molecule has 0 saturated heterocycles. The summed E-state index contributed by atoms with van der Waals surface area (Å²) in [4.78, 5) is 11.6. The van der Waals surface area contributed by atoms with Crippen LogP contribution in [0.15, 0.2) is 48.5 Å². The molecule has 0 heterocycles. The van der Waals surface area contributed by atoms with Crippen LogP contribution in [0.2, 0.25) is 0 Å². The van der Waals surface area contributed by atoms with E-state index in [1.807, 2.05) is 36.4 Å². The number of alkyl halides is 1. The van der Waals surface area contributed by atoms with Crippen molar-refractivity contribution >= 4 is 17.4 Å². The van der Waals surface area contributed by atoms with Crippen LogP contribution in [-0.4, -0.2) is 18.3 Å². The van der Waals surface area contributed by atoms with E-state index in [-0.39, 0.29) is 11.7 Å². The van der Waals surface area contributed by atoms with Crippen molar-refractivity contribution in [3.63, 3.8) is 0 Å². The molecule has 0 saturated carbocycles. The SMILES string of the molecule is CCCCCCCCOc1ccc(-c2ccc(C(=O)CCl)cc2)cc1. The highest BCUT2D eigenvalue weighted by Gasteiger charge is 2.04. The van der Waals surface area contributed by atoms with Crippen LogP contribution < -0.4 is 4.74 Å². The molecule has 0 spiro atoms. The first-order chi connectivity index (χ1) is 12.2. The number of ketones is 1. The molecule has 0 N–H and O–H groups in total. The lowest BCUT2D eigenvalue weighted by molar-refractivity contribution is 0.102. The molecule has 3 heteroatoms. The fraction of sp³-hybridized carbons (Fsp3) is 0.409. The van der Waals surface area contributed by atoms with Crippen molar-refractivity contribution in [1.82, 2.24) is 0 Å². The van der Waals surface area contributed by atoms with Gasteiger partial charge in [0.2, 0.25) is 0 Å². The van der Waals surface area contributed by atoms with Crippen molar-refractivity contribution in [3.05, 3.63) is 54.1 Å². The quantitative estimate of drug-likeness (QED) is 0.260. The summed E-state index contributed by atoms with van der Waals surface area (Å²) in [6.07, 6.45) is 7.61. The highest BCUT2D eigenvalue weighted by atomic mass is 35.5. The van der Waals surface area contributed by atoms with Crippen molar-refractivity contribution in [2.45, 2.75) is 45.4 Å². The maximum absolute atomic E-state index is 11.6. The molecule has 0 unspecified atom stereocenters. The van der Waals surface area contributed by atoms with Gasteiger partial charge in [-0.05, 0) is 29.7 Å². The lowest BCUT2D eigenvalue weighted by Crippen LogP contribution is -1.99. The summed E-state index contributed by atoms with van der Waals surface area (Å²) in [5, 5.41) is 0. The maximum Gasteiger partial charge on any atom is 0.177 e. The van der Waals surface area contributed by atoms with Gasteiger partial charge >= 0.3 is 0 Å². The predicted molar refractivity (Wildman–Crippen MR) is 106 cm³/mol. The van der Waals surface area contributed by atoms with Crippen molar-refractivity contribution in [2.24, 2.45) is 0 Å². The number of Topliss-reactive ketones (excluding diaryl/α,β-unsaturated/α-hetero) is 1. The van der Waals surface area contributed by atoms with E-state index in [1.54, 1.807) is 0 Å². The Bertz CT molecular complexity index is 632. The molecule has 0 fully saturated rings. The molecule has 0 atom stereocenters. The van der Waals surface area contributed by atoms with Gasteiger partial charge < -0.3 is 4.74 Å². The molecular weight excluding hydrogens is 332 g/mol. The third kappa shape index (κ3) is 6.55. The standard InChI is InChI=1S/C22H27ClO2/c1-2-3-4-5-6-7-16-25-21-14-12-19(13-15-21)18-8-10-20(11-9-18)22(24)17-23/h8-15H,2-7,16-17H2,1H3. The molecule has 0 aliphatic heterocycles. The Morgan fingerprint density at radius 2 is 1.40 bits per heavy atom.